The summed E-state index contributed by atoms with van der Waals surface area (Å²) in [5, 5.41) is 0.344. The molecule has 0 aromatic heterocycles. The molecule has 1 unspecified atom stereocenters. The van der Waals surface area contributed by atoms with Gasteiger partial charge in [0.05, 0.1) is 18.1 Å². The first-order valence-electron chi connectivity index (χ1n) is 6.35. The minimum Gasteiger partial charge on any atom is -0.497 e. The first-order valence-corrected chi connectivity index (χ1v) is 6.73. The Morgan fingerprint density at radius 1 is 1.00 bits per heavy atom. The van der Waals surface area contributed by atoms with Crippen molar-refractivity contribution in [3.63, 3.8) is 0 Å². The summed E-state index contributed by atoms with van der Waals surface area (Å²) in [6, 6.07) is 17.3. The minimum absolute atomic E-state index is 0.0179. The Hall–Kier alpha value is -2.06. The smallest absolute Gasteiger partial charge is 0.186 e. The number of hydrogen-bond donors (Lipinski definition) is 0. The Morgan fingerprint density at radius 2 is 1.65 bits per heavy atom. The fourth-order valence-corrected chi connectivity index (χ4v) is 2.79. The number of allylic oxidation sites excluding steroid dienone is 2. The lowest BCUT2D eigenvalue weighted by molar-refractivity contribution is -0.116. The topological polar surface area (TPSA) is 26.3 Å². The van der Waals surface area contributed by atoms with Crippen LogP contribution >= 0.6 is 11.6 Å². The van der Waals surface area contributed by atoms with Crippen molar-refractivity contribution < 1.29 is 9.53 Å². The van der Waals surface area contributed by atoms with E-state index in [1.165, 1.54) is 0 Å². The van der Waals surface area contributed by atoms with Gasteiger partial charge in [0.1, 0.15) is 5.75 Å². The number of ketones is 1. The molecule has 1 aliphatic carbocycles. The zero-order chi connectivity index (χ0) is 14.1. The molecule has 0 aliphatic heterocycles. The van der Waals surface area contributed by atoms with E-state index in [1.807, 2.05) is 54.6 Å². The Balaban J connectivity index is 2.00. The molecule has 0 bridgehead atoms. The number of carbonyl (C=O) groups is 1. The summed E-state index contributed by atoms with van der Waals surface area (Å²) < 4.78 is 5.14. The molecule has 1 atom stereocenters. The van der Waals surface area contributed by atoms with Gasteiger partial charge in [-0.1, -0.05) is 54.1 Å². The van der Waals surface area contributed by atoms with Crippen molar-refractivity contribution in [1.82, 2.24) is 0 Å². The van der Waals surface area contributed by atoms with Crippen molar-refractivity contribution in [3.8, 4) is 5.75 Å². The number of benzene rings is 2. The number of methoxy groups -OCH3 is 1. The summed E-state index contributed by atoms with van der Waals surface area (Å²) in [6.07, 6.45) is 0. The predicted octanol–water partition coefficient (Wildman–Crippen LogP) is 4.01. The van der Waals surface area contributed by atoms with Gasteiger partial charge in [-0.05, 0) is 28.8 Å². The molecular formula is C17H13ClO2. The second-order valence-electron chi connectivity index (χ2n) is 4.66. The number of halogens is 1. The van der Waals surface area contributed by atoms with Gasteiger partial charge < -0.3 is 4.74 Å². The van der Waals surface area contributed by atoms with Crippen molar-refractivity contribution in [2.75, 3.05) is 7.11 Å². The average Bonchev–Trinajstić information content (AvgIpc) is 2.52. The van der Waals surface area contributed by atoms with Gasteiger partial charge in [-0.2, -0.15) is 0 Å². The van der Waals surface area contributed by atoms with Gasteiger partial charge in [0.25, 0.3) is 0 Å². The highest BCUT2D eigenvalue weighted by Crippen LogP contribution is 2.47. The second kappa shape index (κ2) is 5.14. The first-order chi connectivity index (χ1) is 9.72. The van der Waals surface area contributed by atoms with E-state index in [-0.39, 0.29) is 11.7 Å². The van der Waals surface area contributed by atoms with Crippen LogP contribution in [0, 0.1) is 0 Å². The molecule has 2 nitrogen and oxygen atoms in total. The van der Waals surface area contributed by atoms with Crippen molar-refractivity contribution in [1.29, 1.82) is 0 Å². The lowest BCUT2D eigenvalue weighted by Gasteiger charge is -2.29. The lowest BCUT2D eigenvalue weighted by atomic mass is 9.75. The summed E-state index contributed by atoms with van der Waals surface area (Å²) in [5.74, 6) is 0.489. The number of rotatable bonds is 3. The van der Waals surface area contributed by atoms with Crippen LogP contribution in [0.1, 0.15) is 17.0 Å². The molecule has 100 valence electrons. The van der Waals surface area contributed by atoms with Crippen LogP contribution in [0.5, 0.6) is 5.75 Å². The van der Waals surface area contributed by atoms with E-state index in [0.29, 0.717) is 5.03 Å². The molecule has 2 aromatic carbocycles. The van der Waals surface area contributed by atoms with E-state index in [0.717, 1.165) is 22.4 Å². The Labute approximate surface area is 122 Å². The second-order valence-corrected chi connectivity index (χ2v) is 5.04. The van der Waals surface area contributed by atoms with E-state index in [4.69, 9.17) is 16.3 Å². The fourth-order valence-electron chi connectivity index (χ4n) is 2.47. The molecule has 3 heteroatoms. The quantitative estimate of drug-likeness (QED) is 0.851. The van der Waals surface area contributed by atoms with Crippen LogP contribution in [0.3, 0.4) is 0 Å². The molecule has 0 radical (unpaired) electrons. The van der Waals surface area contributed by atoms with Crippen LogP contribution < -0.4 is 4.74 Å². The molecule has 0 amide bonds. The lowest BCUT2D eigenvalue weighted by Crippen LogP contribution is -2.25. The largest absolute Gasteiger partial charge is 0.497 e. The molecule has 2 aromatic rings. The molecule has 0 saturated carbocycles. The average molecular weight is 285 g/mol. The van der Waals surface area contributed by atoms with Crippen molar-refractivity contribution in [3.05, 3.63) is 70.8 Å². The van der Waals surface area contributed by atoms with E-state index >= 15 is 0 Å². The van der Waals surface area contributed by atoms with Gasteiger partial charge in [0.15, 0.2) is 5.78 Å². The summed E-state index contributed by atoms with van der Waals surface area (Å²) in [5.41, 5.74) is 2.85. The van der Waals surface area contributed by atoms with Gasteiger partial charge in [-0.25, -0.2) is 0 Å². The van der Waals surface area contributed by atoms with Gasteiger partial charge in [-0.15, -0.1) is 0 Å². The van der Waals surface area contributed by atoms with E-state index in [9.17, 15) is 4.79 Å². The highest BCUT2D eigenvalue weighted by molar-refractivity contribution is 6.52. The van der Waals surface area contributed by atoms with Crippen LogP contribution in [0.4, 0.5) is 0 Å². The maximum Gasteiger partial charge on any atom is 0.186 e. The third-order valence-corrected chi connectivity index (χ3v) is 3.93. The van der Waals surface area contributed by atoms with E-state index in [2.05, 4.69) is 0 Å². The van der Waals surface area contributed by atoms with Crippen LogP contribution in [-0.4, -0.2) is 12.9 Å². The SMILES string of the molecule is COc1ccc(C2C(=O)C(Cl)=C2c2ccccc2)cc1. The molecule has 0 saturated heterocycles. The molecule has 1 aliphatic rings. The molecule has 0 heterocycles. The first kappa shape index (κ1) is 12.9. The number of carbonyl (C=O) groups excluding carboxylic acids is 1. The normalized spacial score (nSPS) is 17.9. The maximum atomic E-state index is 12.1. The van der Waals surface area contributed by atoms with Gasteiger partial charge >= 0.3 is 0 Å². The molecule has 0 fully saturated rings. The van der Waals surface area contributed by atoms with E-state index in [1.54, 1.807) is 7.11 Å². The van der Waals surface area contributed by atoms with Crippen molar-refractivity contribution in [2.45, 2.75) is 5.92 Å². The summed E-state index contributed by atoms with van der Waals surface area (Å²) in [4.78, 5) is 12.1. The molecule has 0 spiro atoms. The summed E-state index contributed by atoms with van der Waals surface area (Å²) in [7, 11) is 1.62. The highest BCUT2D eigenvalue weighted by Gasteiger charge is 2.39. The van der Waals surface area contributed by atoms with Crippen LogP contribution in [0.2, 0.25) is 0 Å². The molecule has 0 N–H and O–H groups in total. The monoisotopic (exact) mass is 284 g/mol. The van der Waals surface area contributed by atoms with Gasteiger partial charge in [0.2, 0.25) is 0 Å². The zero-order valence-corrected chi connectivity index (χ0v) is 11.7. The van der Waals surface area contributed by atoms with Crippen LogP contribution in [0.15, 0.2) is 59.6 Å². The Morgan fingerprint density at radius 3 is 2.25 bits per heavy atom. The van der Waals surface area contributed by atoms with Crippen molar-refractivity contribution >= 4 is 23.0 Å². The summed E-state index contributed by atoms with van der Waals surface area (Å²) >= 11 is 6.11. The van der Waals surface area contributed by atoms with Crippen LogP contribution in [-0.2, 0) is 4.79 Å². The number of hydrogen-bond acceptors (Lipinski definition) is 2. The highest BCUT2D eigenvalue weighted by atomic mass is 35.5. The Bertz CT molecular complexity index is 672. The fraction of sp³-hybridized carbons (Fsp3) is 0.118. The third kappa shape index (κ3) is 2.02. The number of ether oxygens (including phenoxy) is 1. The minimum atomic E-state index is -0.268. The number of Topliss-reactive ketones (excluding diaryl/α,β-unsaturated/α-hetero) is 1. The Kier molecular flexibility index (Phi) is 3.33. The standard InChI is InChI=1S/C17H13ClO2/c1-20-13-9-7-12(8-10-13)15-14(16(18)17(15)19)11-5-3-2-4-6-11/h2-10,15H,1H3. The molecule has 20 heavy (non-hydrogen) atoms. The zero-order valence-electron chi connectivity index (χ0n) is 11.0. The van der Waals surface area contributed by atoms with Gasteiger partial charge in [0, 0.05) is 0 Å². The predicted molar refractivity (Wildman–Crippen MR) is 80.0 cm³/mol. The van der Waals surface area contributed by atoms with Crippen LogP contribution in [0.25, 0.3) is 5.57 Å². The third-order valence-electron chi connectivity index (χ3n) is 3.54. The molecule has 3 rings (SSSR count). The van der Waals surface area contributed by atoms with Gasteiger partial charge in [-0.3, -0.25) is 4.79 Å². The van der Waals surface area contributed by atoms with Crippen molar-refractivity contribution in [2.24, 2.45) is 0 Å². The maximum absolute atomic E-state index is 12.1. The molecular weight excluding hydrogens is 272 g/mol. The summed E-state index contributed by atoms with van der Waals surface area (Å²) in [6.45, 7) is 0. The van der Waals surface area contributed by atoms with E-state index < -0.39 is 0 Å².